The Kier molecular flexibility index (Phi) is 2.69. The van der Waals surface area contributed by atoms with Gasteiger partial charge in [-0.3, -0.25) is 0 Å². The first-order valence-electron chi connectivity index (χ1n) is 5.62. The molecule has 0 bridgehead atoms. The molecular formula is C13H12ClN3. The predicted molar refractivity (Wildman–Crippen MR) is 68.3 cm³/mol. The van der Waals surface area contributed by atoms with Crippen LogP contribution in [0.25, 0.3) is 0 Å². The van der Waals surface area contributed by atoms with Crippen molar-refractivity contribution in [3.05, 3.63) is 52.9 Å². The highest BCUT2D eigenvalue weighted by Gasteiger charge is 2.20. The van der Waals surface area contributed by atoms with E-state index in [2.05, 4.69) is 39.6 Å². The van der Waals surface area contributed by atoms with Gasteiger partial charge in [-0.05, 0) is 24.0 Å². The minimum absolute atomic E-state index is 0.401. The van der Waals surface area contributed by atoms with Crippen molar-refractivity contribution in [3.8, 4) is 0 Å². The molecule has 1 aliphatic carbocycles. The zero-order valence-electron chi connectivity index (χ0n) is 9.23. The number of halogens is 1. The molecule has 1 aromatic heterocycles. The van der Waals surface area contributed by atoms with E-state index in [0.29, 0.717) is 11.2 Å². The molecular weight excluding hydrogens is 234 g/mol. The molecule has 4 heteroatoms. The first kappa shape index (κ1) is 10.5. The van der Waals surface area contributed by atoms with Gasteiger partial charge in [-0.25, -0.2) is 9.97 Å². The highest BCUT2D eigenvalue weighted by Crippen LogP contribution is 2.24. The van der Waals surface area contributed by atoms with E-state index >= 15 is 0 Å². The Bertz CT molecular complexity index is 517. The van der Waals surface area contributed by atoms with Crippen molar-refractivity contribution >= 4 is 17.4 Å². The second-order valence-corrected chi connectivity index (χ2v) is 4.63. The first-order chi connectivity index (χ1) is 8.31. The Morgan fingerprint density at radius 1 is 1.12 bits per heavy atom. The normalized spacial score (nSPS) is 14.6. The van der Waals surface area contributed by atoms with E-state index in [1.54, 1.807) is 6.07 Å². The Labute approximate surface area is 105 Å². The fourth-order valence-electron chi connectivity index (χ4n) is 2.28. The lowest BCUT2D eigenvalue weighted by atomic mass is 10.1. The van der Waals surface area contributed by atoms with Gasteiger partial charge < -0.3 is 5.32 Å². The summed E-state index contributed by atoms with van der Waals surface area (Å²) in [6, 6.07) is 10.7. The summed E-state index contributed by atoms with van der Waals surface area (Å²) in [5.74, 6) is 0.794. The molecule has 0 aliphatic heterocycles. The van der Waals surface area contributed by atoms with Gasteiger partial charge >= 0.3 is 0 Å². The summed E-state index contributed by atoms with van der Waals surface area (Å²) >= 11 is 5.83. The van der Waals surface area contributed by atoms with Gasteiger partial charge in [0.1, 0.15) is 17.3 Å². The molecule has 1 aromatic carbocycles. The van der Waals surface area contributed by atoms with E-state index in [-0.39, 0.29) is 0 Å². The maximum Gasteiger partial charge on any atom is 0.134 e. The Balaban J connectivity index is 1.74. The summed E-state index contributed by atoms with van der Waals surface area (Å²) in [5, 5.41) is 3.86. The van der Waals surface area contributed by atoms with E-state index in [0.717, 1.165) is 18.7 Å². The van der Waals surface area contributed by atoms with E-state index in [4.69, 9.17) is 11.6 Å². The third-order valence-corrected chi connectivity index (χ3v) is 3.24. The van der Waals surface area contributed by atoms with Crippen LogP contribution in [0.5, 0.6) is 0 Å². The molecule has 3 rings (SSSR count). The van der Waals surface area contributed by atoms with Crippen molar-refractivity contribution in [2.45, 2.75) is 18.9 Å². The third-order valence-electron chi connectivity index (χ3n) is 3.04. The van der Waals surface area contributed by atoms with E-state index < -0.39 is 0 Å². The van der Waals surface area contributed by atoms with Gasteiger partial charge in [0.05, 0.1) is 0 Å². The van der Waals surface area contributed by atoms with Gasteiger partial charge in [-0.15, -0.1) is 0 Å². The second-order valence-electron chi connectivity index (χ2n) is 4.24. The Morgan fingerprint density at radius 3 is 2.47 bits per heavy atom. The van der Waals surface area contributed by atoms with Gasteiger partial charge in [0.2, 0.25) is 0 Å². The number of hydrogen-bond donors (Lipinski definition) is 1. The molecule has 0 radical (unpaired) electrons. The molecule has 0 spiro atoms. The second kappa shape index (κ2) is 4.34. The summed E-state index contributed by atoms with van der Waals surface area (Å²) in [4.78, 5) is 8.03. The van der Waals surface area contributed by atoms with Crippen molar-refractivity contribution in [1.82, 2.24) is 9.97 Å². The fraction of sp³-hybridized carbons (Fsp3) is 0.231. The van der Waals surface area contributed by atoms with Crippen LogP contribution in [0.3, 0.4) is 0 Å². The molecule has 1 N–H and O–H groups in total. The van der Waals surface area contributed by atoms with Gasteiger partial charge in [0.15, 0.2) is 0 Å². The minimum Gasteiger partial charge on any atom is -0.367 e. The molecule has 86 valence electrons. The molecule has 0 atom stereocenters. The number of fused-ring (bicyclic) bond motifs is 1. The smallest absolute Gasteiger partial charge is 0.134 e. The number of anilines is 1. The lowest BCUT2D eigenvalue weighted by Gasteiger charge is -2.12. The molecule has 3 nitrogen and oxygen atoms in total. The number of nitrogens with one attached hydrogen (secondary N) is 1. The van der Waals surface area contributed by atoms with Crippen LogP contribution in [0.2, 0.25) is 5.15 Å². The first-order valence-corrected chi connectivity index (χ1v) is 6.00. The SMILES string of the molecule is Clc1cc(NC2Cc3ccccc3C2)ncn1. The predicted octanol–water partition coefficient (Wildman–Crippen LogP) is 2.71. The third kappa shape index (κ3) is 2.24. The minimum atomic E-state index is 0.401. The number of nitrogens with zero attached hydrogens (tertiary/aromatic N) is 2. The zero-order chi connectivity index (χ0) is 11.7. The zero-order valence-corrected chi connectivity index (χ0v) is 9.98. The molecule has 0 saturated heterocycles. The standard InChI is InChI=1S/C13H12ClN3/c14-12-7-13(16-8-15-12)17-11-5-9-3-1-2-4-10(9)6-11/h1-4,7-8,11H,5-6H2,(H,15,16,17). The molecule has 1 heterocycles. The quantitative estimate of drug-likeness (QED) is 0.827. The van der Waals surface area contributed by atoms with Gasteiger partial charge in [0.25, 0.3) is 0 Å². The summed E-state index contributed by atoms with van der Waals surface area (Å²) in [7, 11) is 0. The Hall–Kier alpha value is -1.61. The van der Waals surface area contributed by atoms with Gasteiger partial charge in [-0.2, -0.15) is 0 Å². The van der Waals surface area contributed by atoms with Crippen LogP contribution < -0.4 is 5.32 Å². The Morgan fingerprint density at radius 2 is 1.82 bits per heavy atom. The van der Waals surface area contributed by atoms with Gasteiger partial charge in [0, 0.05) is 12.1 Å². The van der Waals surface area contributed by atoms with Crippen LogP contribution in [0, 0.1) is 0 Å². The molecule has 0 amide bonds. The number of rotatable bonds is 2. The van der Waals surface area contributed by atoms with Crippen molar-refractivity contribution in [1.29, 1.82) is 0 Å². The molecule has 0 saturated carbocycles. The molecule has 1 aliphatic rings. The van der Waals surface area contributed by atoms with Crippen LogP contribution in [0.1, 0.15) is 11.1 Å². The highest BCUT2D eigenvalue weighted by atomic mass is 35.5. The highest BCUT2D eigenvalue weighted by molar-refractivity contribution is 6.29. The van der Waals surface area contributed by atoms with Crippen LogP contribution in [0.4, 0.5) is 5.82 Å². The van der Waals surface area contributed by atoms with E-state index in [1.807, 2.05) is 0 Å². The van der Waals surface area contributed by atoms with Gasteiger partial charge in [-0.1, -0.05) is 35.9 Å². The van der Waals surface area contributed by atoms with Crippen LogP contribution >= 0.6 is 11.6 Å². The summed E-state index contributed by atoms with van der Waals surface area (Å²) in [6.45, 7) is 0. The number of hydrogen-bond acceptors (Lipinski definition) is 3. The maximum atomic E-state index is 5.83. The largest absolute Gasteiger partial charge is 0.367 e. The van der Waals surface area contributed by atoms with Crippen molar-refractivity contribution in [2.75, 3.05) is 5.32 Å². The fourth-order valence-corrected chi connectivity index (χ4v) is 2.43. The lowest BCUT2D eigenvalue weighted by Crippen LogP contribution is -2.20. The summed E-state index contributed by atoms with van der Waals surface area (Å²) in [5.41, 5.74) is 2.84. The monoisotopic (exact) mass is 245 g/mol. The average molecular weight is 246 g/mol. The van der Waals surface area contributed by atoms with Crippen LogP contribution in [0.15, 0.2) is 36.7 Å². The molecule has 17 heavy (non-hydrogen) atoms. The number of aromatic nitrogens is 2. The summed E-state index contributed by atoms with van der Waals surface area (Å²) < 4.78 is 0. The van der Waals surface area contributed by atoms with Crippen molar-refractivity contribution < 1.29 is 0 Å². The molecule has 2 aromatic rings. The van der Waals surface area contributed by atoms with E-state index in [9.17, 15) is 0 Å². The number of benzene rings is 1. The van der Waals surface area contributed by atoms with E-state index in [1.165, 1.54) is 17.5 Å². The average Bonchev–Trinajstić information content (AvgIpc) is 2.71. The topological polar surface area (TPSA) is 37.8 Å². The molecule has 0 fully saturated rings. The van der Waals surface area contributed by atoms with Crippen molar-refractivity contribution in [3.63, 3.8) is 0 Å². The van der Waals surface area contributed by atoms with Crippen LogP contribution in [-0.2, 0) is 12.8 Å². The summed E-state index contributed by atoms with van der Waals surface area (Å²) in [6.07, 6.45) is 3.56. The van der Waals surface area contributed by atoms with Crippen molar-refractivity contribution in [2.24, 2.45) is 0 Å². The lowest BCUT2D eigenvalue weighted by molar-refractivity contribution is 0.768. The maximum absolute atomic E-state index is 5.83. The molecule has 0 unspecified atom stereocenters. The van der Waals surface area contributed by atoms with Crippen LogP contribution in [-0.4, -0.2) is 16.0 Å².